The molecule has 21 heavy (non-hydrogen) atoms. The van der Waals surface area contributed by atoms with Crippen molar-refractivity contribution in [1.29, 1.82) is 0 Å². The Kier molecular flexibility index (Phi) is 5.62. The van der Waals surface area contributed by atoms with Crippen molar-refractivity contribution in [3.8, 4) is 5.75 Å². The third kappa shape index (κ3) is 3.97. The molecule has 0 bridgehead atoms. The first kappa shape index (κ1) is 15.8. The molecule has 4 nitrogen and oxygen atoms in total. The summed E-state index contributed by atoms with van der Waals surface area (Å²) in [5.41, 5.74) is 1.10. The molecule has 0 aliphatic carbocycles. The Balaban J connectivity index is 2.12. The molecule has 116 valence electrons. The first-order valence-corrected chi connectivity index (χ1v) is 7.73. The van der Waals surface area contributed by atoms with E-state index >= 15 is 0 Å². The molecule has 2 atom stereocenters. The highest BCUT2D eigenvalue weighted by Gasteiger charge is 2.24. The first-order chi connectivity index (χ1) is 10.2. The molecular weight excluding hydrogens is 264 g/mol. The van der Waals surface area contributed by atoms with E-state index in [1.54, 1.807) is 7.11 Å². The topological polar surface area (TPSA) is 41.6 Å². The molecule has 1 aromatic rings. The van der Waals surface area contributed by atoms with Gasteiger partial charge in [-0.2, -0.15) is 0 Å². The Bertz CT molecular complexity index is 476. The second kappa shape index (κ2) is 7.46. The van der Waals surface area contributed by atoms with Crippen LogP contribution in [0.2, 0.25) is 0 Å². The Morgan fingerprint density at radius 2 is 2.14 bits per heavy atom. The van der Waals surface area contributed by atoms with E-state index in [9.17, 15) is 4.79 Å². The molecule has 1 fully saturated rings. The standard InChI is InChI=1S/C17H26N2O2/c1-13-8-9-17(20)19(11-10-13)12-15(18-2)14-6-4-5-7-16(14)21-3/h4-7,13,15,18H,8-12H2,1-3H3. The number of carbonyl (C=O) groups is 1. The fourth-order valence-electron chi connectivity index (χ4n) is 2.89. The van der Waals surface area contributed by atoms with E-state index in [4.69, 9.17) is 4.74 Å². The number of benzene rings is 1. The van der Waals surface area contributed by atoms with Crippen molar-refractivity contribution in [2.75, 3.05) is 27.2 Å². The lowest BCUT2D eigenvalue weighted by atomic mass is 10.0. The summed E-state index contributed by atoms with van der Waals surface area (Å²) in [5.74, 6) is 1.78. The molecule has 1 saturated heterocycles. The van der Waals surface area contributed by atoms with Crippen LogP contribution in [0.25, 0.3) is 0 Å². The third-order valence-corrected chi connectivity index (χ3v) is 4.36. The summed E-state index contributed by atoms with van der Waals surface area (Å²) in [6.45, 7) is 3.78. The predicted molar refractivity (Wildman–Crippen MR) is 84.4 cm³/mol. The van der Waals surface area contributed by atoms with E-state index in [2.05, 4.69) is 18.3 Å². The highest BCUT2D eigenvalue weighted by Crippen LogP contribution is 2.26. The largest absolute Gasteiger partial charge is 0.496 e. The number of para-hydroxylation sites is 1. The maximum absolute atomic E-state index is 12.3. The van der Waals surface area contributed by atoms with Crippen molar-refractivity contribution in [2.45, 2.75) is 32.2 Å². The highest BCUT2D eigenvalue weighted by atomic mass is 16.5. The predicted octanol–water partition coefficient (Wildman–Crippen LogP) is 2.60. The Hall–Kier alpha value is -1.55. The van der Waals surface area contributed by atoms with Crippen molar-refractivity contribution in [3.05, 3.63) is 29.8 Å². The Morgan fingerprint density at radius 1 is 1.38 bits per heavy atom. The smallest absolute Gasteiger partial charge is 0.222 e. The zero-order valence-electron chi connectivity index (χ0n) is 13.3. The van der Waals surface area contributed by atoms with Gasteiger partial charge >= 0.3 is 0 Å². The zero-order chi connectivity index (χ0) is 15.2. The van der Waals surface area contributed by atoms with Gasteiger partial charge in [-0.15, -0.1) is 0 Å². The lowest BCUT2D eigenvalue weighted by Gasteiger charge is -2.27. The average molecular weight is 290 g/mol. The van der Waals surface area contributed by atoms with Gasteiger partial charge in [0.15, 0.2) is 0 Å². The van der Waals surface area contributed by atoms with Crippen LogP contribution in [0.5, 0.6) is 5.75 Å². The molecule has 1 aromatic carbocycles. The molecule has 1 aliphatic rings. The van der Waals surface area contributed by atoms with Gasteiger partial charge in [0.25, 0.3) is 0 Å². The number of carbonyl (C=O) groups excluding carboxylic acids is 1. The molecule has 0 radical (unpaired) electrons. The second-order valence-corrected chi connectivity index (χ2v) is 5.86. The van der Waals surface area contributed by atoms with Crippen molar-refractivity contribution < 1.29 is 9.53 Å². The number of hydrogen-bond acceptors (Lipinski definition) is 3. The summed E-state index contributed by atoms with van der Waals surface area (Å²) >= 11 is 0. The summed E-state index contributed by atoms with van der Waals surface area (Å²) in [6.07, 6.45) is 2.77. The zero-order valence-corrected chi connectivity index (χ0v) is 13.3. The van der Waals surface area contributed by atoms with Crippen LogP contribution in [-0.4, -0.2) is 38.1 Å². The number of nitrogens with one attached hydrogen (secondary N) is 1. The van der Waals surface area contributed by atoms with Gasteiger partial charge in [0.2, 0.25) is 5.91 Å². The van der Waals surface area contributed by atoms with Gasteiger partial charge in [-0.3, -0.25) is 4.79 Å². The Labute approximate surface area is 127 Å². The maximum Gasteiger partial charge on any atom is 0.222 e. The molecule has 0 saturated carbocycles. The number of hydrogen-bond donors (Lipinski definition) is 1. The normalized spacial score (nSPS) is 21.0. The average Bonchev–Trinajstić information content (AvgIpc) is 2.67. The summed E-state index contributed by atoms with van der Waals surface area (Å²) in [4.78, 5) is 14.3. The van der Waals surface area contributed by atoms with Crippen LogP contribution >= 0.6 is 0 Å². The monoisotopic (exact) mass is 290 g/mol. The van der Waals surface area contributed by atoms with Crippen LogP contribution < -0.4 is 10.1 Å². The minimum absolute atomic E-state index is 0.0958. The van der Waals surface area contributed by atoms with Crippen LogP contribution in [0.1, 0.15) is 37.8 Å². The fourth-order valence-corrected chi connectivity index (χ4v) is 2.89. The highest BCUT2D eigenvalue weighted by molar-refractivity contribution is 5.76. The lowest BCUT2D eigenvalue weighted by Crippen LogP contribution is -2.38. The molecule has 1 aliphatic heterocycles. The van der Waals surface area contributed by atoms with E-state index in [1.807, 2.05) is 30.1 Å². The third-order valence-electron chi connectivity index (χ3n) is 4.36. The molecular formula is C17H26N2O2. The first-order valence-electron chi connectivity index (χ1n) is 7.73. The minimum Gasteiger partial charge on any atom is -0.496 e. The molecule has 1 heterocycles. The summed E-state index contributed by atoms with van der Waals surface area (Å²) < 4.78 is 5.44. The lowest BCUT2D eigenvalue weighted by molar-refractivity contribution is -0.131. The molecule has 1 amide bonds. The number of rotatable bonds is 5. The molecule has 2 rings (SSSR count). The van der Waals surface area contributed by atoms with E-state index < -0.39 is 0 Å². The van der Waals surface area contributed by atoms with Crippen LogP contribution in [0.3, 0.4) is 0 Å². The van der Waals surface area contributed by atoms with Gasteiger partial charge in [0.1, 0.15) is 5.75 Å². The summed E-state index contributed by atoms with van der Waals surface area (Å²) in [5, 5.41) is 3.32. The number of likely N-dealkylation sites (tertiary alicyclic amines) is 1. The molecule has 1 N–H and O–H groups in total. The Morgan fingerprint density at radius 3 is 2.86 bits per heavy atom. The van der Waals surface area contributed by atoms with E-state index in [1.165, 1.54) is 0 Å². The van der Waals surface area contributed by atoms with Gasteiger partial charge in [-0.05, 0) is 31.9 Å². The van der Waals surface area contributed by atoms with Gasteiger partial charge in [-0.25, -0.2) is 0 Å². The van der Waals surface area contributed by atoms with Gasteiger partial charge < -0.3 is 15.0 Å². The van der Waals surface area contributed by atoms with Crippen LogP contribution in [0.4, 0.5) is 0 Å². The summed E-state index contributed by atoms with van der Waals surface area (Å²) in [6, 6.07) is 8.10. The van der Waals surface area contributed by atoms with Gasteiger partial charge in [0.05, 0.1) is 13.2 Å². The molecule has 0 aromatic heterocycles. The molecule has 4 heteroatoms. The minimum atomic E-state index is 0.0958. The molecule has 2 unspecified atom stereocenters. The number of ether oxygens (including phenoxy) is 1. The SMILES string of the molecule is CNC(CN1CCC(C)CCC1=O)c1ccccc1OC. The van der Waals surface area contributed by atoms with Crippen LogP contribution in [-0.2, 0) is 4.79 Å². The number of nitrogens with zero attached hydrogens (tertiary/aromatic N) is 1. The number of amides is 1. The van der Waals surface area contributed by atoms with Crippen LogP contribution in [0, 0.1) is 5.92 Å². The fraction of sp³-hybridized carbons (Fsp3) is 0.588. The number of methoxy groups -OCH3 is 1. The van der Waals surface area contributed by atoms with Crippen molar-refractivity contribution in [3.63, 3.8) is 0 Å². The van der Waals surface area contributed by atoms with E-state index in [0.29, 0.717) is 18.9 Å². The van der Waals surface area contributed by atoms with Gasteiger partial charge in [-0.1, -0.05) is 25.1 Å². The van der Waals surface area contributed by atoms with Gasteiger partial charge in [0, 0.05) is 25.1 Å². The quantitative estimate of drug-likeness (QED) is 0.906. The number of likely N-dealkylation sites (N-methyl/N-ethyl adjacent to an activating group) is 1. The maximum atomic E-state index is 12.3. The van der Waals surface area contributed by atoms with E-state index in [-0.39, 0.29) is 11.9 Å². The van der Waals surface area contributed by atoms with E-state index in [0.717, 1.165) is 30.7 Å². The summed E-state index contributed by atoms with van der Waals surface area (Å²) in [7, 11) is 3.62. The van der Waals surface area contributed by atoms with Crippen LogP contribution in [0.15, 0.2) is 24.3 Å². The van der Waals surface area contributed by atoms with Crippen molar-refractivity contribution >= 4 is 5.91 Å². The molecule has 0 spiro atoms. The second-order valence-electron chi connectivity index (χ2n) is 5.86. The van der Waals surface area contributed by atoms with Crippen molar-refractivity contribution in [1.82, 2.24) is 10.2 Å². The van der Waals surface area contributed by atoms with Crippen molar-refractivity contribution in [2.24, 2.45) is 5.92 Å².